The molecule has 3 N–H and O–H groups in total. The number of nitrogens with two attached hydrogens (primary N) is 1. The Hall–Kier alpha value is -1.07. The van der Waals surface area contributed by atoms with Crippen molar-refractivity contribution in [1.82, 2.24) is 14.5 Å². The molecular formula is C9H18N4O. The Bertz CT molecular complexity index is 274. The van der Waals surface area contributed by atoms with E-state index < -0.39 is 6.10 Å². The first kappa shape index (κ1) is 11.0. The van der Waals surface area contributed by atoms with Crippen LogP contribution in [0.15, 0.2) is 12.4 Å². The predicted octanol–water partition coefficient (Wildman–Crippen LogP) is -0.222. The molecule has 0 bridgehead atoms. The Labute approximate surface area is 84.2 Å². The SMILES string of the molecule is CCN(C)CC(O)Cn1ccnc1N. The van der Waals surface area contributed by atoms with Crippen LogP contribution in [0.25, 0.3) is 0 Å². The second-order valence-corrected chi connectivity index (χ2v) is 3.45. The van der Waals surface area contributed by atoms with Gasteiger partial charge in [-0.05, 0) is 13.6 Å². The summed E-state index contributed by atoms with van der Waals surface area (Å²) in [4.78, 5) is 5.94. The van der Waals surface area contributed by atoms with E-state index in [9.17, 15) is 5.11 Å². The molecule has 80 valence electrons. The van der Waals surface area contributed by atoms with Gasteiger partial charge in [0, 0.05) is 18.9 Å². The highest BCUT2D eigenvalue weighted by atomic mass is 16.3. The van der Waals surface area contributed by atoms with Gasteiger partial charge in [0.2, 0.25) is 0 Å². The van der Waals surface area contributed by atoms with E-state index in [1.165, 1.54) is 0 Å². The molecule has 0 saturated heterocycles. The van der Waals surface area contributed by atoms with Gasteiger partial charge in [-0.1, -0.05) is 6.92 Å². The number of anilines is 1. The molecule has 0 spiro atoms. The van der Waals surface area contributed by atoms with Gasteiger partial charge in [-0.25, -0.2) is 4.98 Å². The lowest BCUT2D eigenvalue weighted by Crippen LogP contribution is -2.32. The molecule has 0 amide bonds. The van der Waals surface area contributed by atoms with E-state index in [1.807, 2.05) is 7.05 Å². The topological polar surface area (TPSA) is 67.3 Å². The number of likely N-dealkylation sites (N-methyl/N-ethyl adjacent to an activating group) is 1. The molecule has 0 aliphatic heterocycles. The van der Waals surface area contributed by atoms with E-state index in [4.69, 9.17) is 5.73 Å². The number of rotatable bonds is 5. The minimum atomic E-state index is -0.406. The number of hydrogen-bond acceptors (Lipinski definition) is 4. The van der Waals surface area contributed by atoms with Crippen molar-refractivity contribution < 1.29 is 5.11 Å². The van der Waals surface area contributed by atoms with Gasteiger partial charge in [-0.3, -0.25) is 0 Å². The molecule has 5 heteroatoms. The molecule has 1 atom stereocenters. The Morgan fingerprint density at radius 2 is 2.43 bits per heavy atom. The smallest absolute Gasteiger partial charge is 0.200 e. The average molecular weight is 198 g/mol. The maximum Gasteiger partial charge on any atom is 0.200 e. The molecule has 0 fully saturated rings. The van der Waals surface area contributed by atoms with Gasteiger partial charge in [0.15, 0.2) is 5.95 Å². The summed E-state index contributed by atoms with van der Waals surface area (Å²) in [5, 5.41) is 9.70. The number of aliphatic hydroxyl groups excluding tert-OH is 1. The molecule has 1 heterocycles. The Morgan fingerprint density at radius 1 is 1.71 bits per heavy atom. The van der Waals surface area contributed by atoms with Gasteiger partial charge < -0.3 is 20.3 Å². The van der Waals surface area contributed by atoms with Crippen molar-refractivity contribution in [2.75, 3.05) is 25.9 Å². The van der Waals surface area contributed by atoms with Gasteiger partial charge >= 0.3 is 0 Å². The van der Waals surface area contributed by atoms with E-state index in [2.05, 4.69) is 16.8 Å². The highest BCUT2D eigenvalue weighted by molar-refractivity contribution is 5.16. The Morgan fingerprint density at radius 3 is 2.93 bits per heavy atom. The lowest BCUT2D eigenvalue weighted by atomic mass is 10.3. The van der Waals surface area contributed by atoms with E-state index in [0.717, 1.165) is 6.54 Å². The average Bonchev–Trinajstić information content (AvgIpc) is 2.51. The summed E-state index contributed by atoms with van der Waals surface area (Å²) < 4.78 is 1.74. The van der Waals surface area contributed by atoms with Crippen LogP contribution in [0.4, 0.5) is 5.95 Å². The van der Waals surface area contributed by atoms with Crippen molar-refractivity contribution in [1.29, 1.82) is 0 Å². The number of imidazole rings is 1. The maximum absolute atomic E-state index is 9.70. The minimum Gasteiger partial charge on any atom is -0.390 e. The van der Waals surface area contributed by atoms with Crippen molar-refractivity contribution in [2.45, 2.75) is 19.6 Å². The third-order valence-electron chi connectivity index (χ3n) is 2.22. The second kappa shape index (κ2) is 4.97. The van der Waals surface area contributed by atoms with Gasteiger partial charge in [0.25, 0.3) is 0 Å². The molecule has 1 aromatic heterocycles. The van der Waals surface area contributed by atoms with Crippen LogP contribution < -0.4 is 5.73 Å². The van der Waals surface area contributed by atoms with Crippen molar-refractivity contribution in [3.05, 3.63) is 12.4 Å². The zero-order valence-corrected chi connectivity index (χ0v) is 8.72. The molecule has 0 aromatic carbocycles. The van der Waals surface area contributed by atoms with Crippen LogP contribution >= 0.6 is 0 Å². The molecular weight excluding hydrogens is 180 g/mol. The lowest BCUT2D eigenvalue weighted by Gasteiger charge is -2.19. The molecule has 5 nitrogen and oxygen atoms in total. The highest BCUT2D eigenvalue weighted by Crippen LogP contribution is 2.01. The van der Waals surface area contributed by atoms with Crippen LogP contribution in [0.2, 0.25) is 0 Å². The summed E-state index contributed by atoms with van der Waals surface area (Å²) in [6.45, 7) is 4.12. The summed E-state index contributed by atoms with van der Waals surface area (Å²) in [5.41, 5.74) is 5.58. The second-order valence-electron chi connectivity index (χ2n) is 3.45. The van der Waals surface area contributed by atoms with Crippen molar-refractivity contribution in [2.24, 2.45) is 0 Å². The number of aromatic nitrogens is 2. The standard InChI is InChI=1S/C9H18N4O/c1-3-12(2)6-8(14)7-13-5-4-11-9(13)10/h4-5,8,14H,3,6-7H2,1-2H3,(H2,10,11). The summed E-state index contributed by atoms with van der Waals surface area (Å²) in [6.07, 6.45) is 2.99. The quantitative estimate of drug-likeness (QED) is 0.686. The van der Waals surface area contributed by atoms with E-state index in [1.54, 1.807) is 17.0 Å². The van der Waals surface area contributed by atoms with Gasteiger partial charge in [-0.2, -0.15) is 0 Å². The zero-order chi connectivity index (χ0) is 10.6. The molecule has 1 unspecified atom stereocenters. The number of nitrogens with zero attached hydrogens (tertiary/aromatic N) is 3. The van der Waals surface area contributed by atoms with E-state index in [0.29, 0.717) is 19.0 Å². The van der Waals surface area contributed by atoms with Crippen LogP contribution in [-0.4, -0.2) is 45.8 Å². The van der Waals surface area contributed by atoms with Crippen LogP contribution in [0.3, 0.4) is 0 Å². The van der Waals surface area contributed by atoms with Crippen LogP contribution in [0.1, 0.15) is 6.92 Å². The fraction of sp³-hybridized carbons (Fsp3) is 0.667. The molecule has 0 aliphatic carbocycles. The number of nitrogen functional groups attached to an aromatic ring is 1. The van der Waals surface area contributed by atoms with Crippen molar-refractivity contribution in [3.8, 4) is 0 Å². The lowest BCUT2D eigenvalue weighted by molar-refractivity contribution is 0.112. The molecule has 1 aromatic rings. The Kier molecular flexibility index (Phi) is 3.91. The summed E-state index contributed by atoms with van der Waals surface area (Å²) in [6, 6.07) is 0. The fourth-order valence-electron chi connectivity index (χ4n) is 1.27. The molecule has 14 heavy (non-hydrogen) atoms. The Balaban J connectivity index is 2.41. The van der Waals surface area contributed by atoms with E-state index >= 15 is 0 Å². The molecule has 0 saturated carbocycles. The summed E-state index contributed by atoms with van der Waals surface area (Å²) in [7, 11) is 1.97. The molecule has 0 aliphatic rings. The van der Waals surface area contributed by atoms with Crippen molar-refractivity contribution >= 4 is 5.95 Å². The van der Waals surface area contributed by atoms with Crippen LogP contribution in [-0.2, 0) is 6.54 Å². The van der Waals surface area contributed by atoms with Crippen LogP contribution in [0.5, 0.6) is 0 Å². The van der Waals surface area contributed by atoms with E-state index in [-0.39, 0.29) is 0 Å². The fourth-order valence-corrected chi connectivity index (χ4v) is 1.27. The normalized spacial score (nSPS) is 13.4. The molecule has 0 radical (unpaired) electrons. The third kappa shape index (κ3) is 3.01. The summed E-state index contributed by atoms with van der Waals surface area (Å²) in [5.74, 6) is 0.447. The van der Waals surface area contributed by atoms with Gasteiger partial charge in [0.05, 0.1) is 12.6 Å². The first-order valence-corrected chi connectivity index (χ1v) is 4.76. The maximum atomic E-state index is 9.70. The van der Waals surface area contributed by atoms with Crippen molar-refractivity contribution in [3.63, 3.8) is 0 Å². The van der Waals surface area contributed by atoms with Gasteiger partial charge in [-0.15, -0.1) is 0 Å². The van der Waals surface area contributed by atoms with Crippen LogP contribution in [0, 0.1) is 0 Å². The zero-order valence-electron chi connectivity index (χ0n) is 8.72. The van der Waals surface area contributed by atoms with Gasteiger partial charge in [0.1, 0.15) is 0 Å². The predicted molar refractivity (Wildman–Crippen MR) is 55.8 cm³/mol. The third-order valence-corrected chi connectivity index (χ3v) is 2.22. The number of aliphatic hydroxyl groups is 1. The monoisotopic (exact) mass is 198 g/mol. The number of hydrogen-bond donors (Lipinski definition) is 2. The first-order valence-electron chi connectivity index (χ1n) is 4.76. The highest BCUT2D eigenvalue weighted by Gasteiger charge is 2.08. The first-order chi connectivity index (χ1) is 6.63. The largest absolute Gasteiger partial charge is 0.390 e. The summed E-state index contributed by atoms with van der Waals surface area (Å²) >= 11 is 0. The molecule has 1 rings (SSSR count). The minimum absolute atomic E-state index is 0.406.